The molecule has 0 bridgehead atoms. The van der Waals surface area contributed by atoms with Crippen LogP contribution in [-0.4, -0.2) is 10.9 Å². The molecule has 2 saturated carbocycles. The largest absolute Gasteiger partial charge is 0.508 e. The summed E-state index contributed by atoms with van der Waals surface area (Å²) >= 11 is 3.30. The molecule has 1 spiro atoms. The molecule has 3 unspecified atom stereocenters. The van der Waals surface area contributed by atoms with Crippen LogP contribution in [0, 0.1) is 35.0 Å². The van der Waals surface area contributed by atoms with Crippen LogP contribution < -0.4 is 0 Å². The zero-order valence-corrected chi connectivity index (χ0v) is 18.1. The van der Waals surface area contributed by atoms with Crippen molar-refractivity contribution in [2.75, 3.05) is 0 Å². The number of fused-ring (bicyclic) bond motifs is 1. The lowest BCUT2D eigenvalue weighted by Crippen LogP contribution is -2.32. The highest BCUT2D eigenvalue weighted by Crippen LogP contribution is 2.61. The lowest BCUT2D eigenvalue weighted by atomic mass is 9.71. The molecule has 1 N–H and O–H groups in total. The van der Waals surface area contributed by atoms with Gasteiger partial charge in [0.1, 0.15) is 5.76 Å². The highest BCUT2D eigenvalue weighted by Gasteiger charge is 2.56. The number of Topliss-reactive ketones (excluding diaryl/α,β-unsaturated/α-hetero) is 1. The van der Waals surface area contributed by atoms with Crippen molar-refractivity contribution in [2.24, 2.45) is 23.2 Å². The Morgan fingerprint density at radius 3 is 2.69 bits per heavy atom. The van der Waals surface area contributed by atoms with E-state index in [2.05, 4.69) is 36.1 Å². The van der Waals surface area contributed by atoms with Gasteiger partial charge >= 0.3 is 0 Å². The van der Waals surface area contributed by atoms with Crippen molar-refractivity contribution in [3.05, 3.63) is 58.0 Å². The number of ketones is 1. The third-order valence-electron chi connectivity index (χ3n) is 6.88. The summed E-state index contributed by atoms with van der Waals surface area (Å²) in [4.78, 5) is 18.0. The third-order valence-corrected chi connectivity index (χ3v) is 9.18. The van der Waals surface area contributed by atoms with Crippen molar-refractivity contribution in [2.45, 2.75) is 39.0 Å². The van der Waals surface area contributed by atoms with Crippen LogP contribution in [0.2, 0.25) is 0 Å². The summed E-state index contributed by atoms with van der Waals surface area (Å²) < 4.78 is 0. The Bertz CT molecular complexity index is 1070. The van der Waals surface area contributed by atoms with E-state index >= 15 is 0 Å². The Morgan fingerprint density at radius 2 is 1.90 bits per heavy atom. The van der Waals surface area contributed by atoms with Gasteiger partial charge in [-0.05, 0) is 79.9 Å². The van der Waals surface area contributed by atoms with Crippen molar-refractivity contribution in [1.82, 2.24) is 0 Å². The molecule has 29 heavy (non-hydrogen) atoms. The van der Waals surface area contributed by atoms with E-state index in [0.29, 0.717) is 17.5 Å². The molecule has 2 heterocycles. The molecule has 2 aromatic heterocycles. The molecule has 0 amide bonds. The summed E-state index contributed by atoms with van der Waals surface area (Å²) in [7, 11) is 0. The maximum absolute atomic E-state index is 13.8. The summed E-state index contributed by atoms with van der Waals surface area (Å²) in [6, 6.07) is 8.26. The number of thiophene rings is 2. The lowest BCUT2D eigenvalue weighted by Gasteiger charge is -2.32. The molecular formula is C25H24O2S2. The van der Waals surface area contributed by atoms with Crippen molar-refractivity contribution in [3.8, 4) is 21.6 Å². The van der Waals surface area contributed by atoms with E-state index in [1.54, 1.807) is 28.7 Å². The van der Waals surface area contributed by atoms with Crippen LogP contribution in [0.15, 0.2) is 48.3 Å². The maximum atomic E-state index is 13.8. The number of hydrogen-bond acceptors (Lipinski definition) is 4. The predicted molar refractivity (Wildman–Crippen MR) is 120 cm³/mol. The highest BCUT2D eigenvalue weighted by molar-refractivity contribution is 7.23. The second-order valence-electron chi connectivity index (χ2n) is 8.51. The average Bonchev–Trinajstić information content (AvgIpc) is 3.47. The number of aliphatic hydroxyl groups excluding tert-OH is 1. The number of hydrogen-bond donors (Lipinski definition) is 1. The van der Waals surface area contributed by atoms with Gasteiger partial charge < -0.3 is 5.11 Å². The Balaban J connectivity index is 1.46. The molecule has 148 valence electrons. The van der Waals surface area contributed by atoms with Gasteiger partial charge in [-0.2, -0.15) is 0 Å². The molecule has 3 aliphatic carbocycles. The van der Waals surface area contributed by atoms with Gasteiger partial charge in [0.15, 0.2) is 5.78 Å². The van der Waals surface area contributed by atoms with Crippen molar-refractivity contribution in [3.63, 3.8) is 0 Å². The molecule has 0 saturated heterocycles. The second kappa shape index (κ2) is 7.31. The predicted octanol–water partition coefficient (Wildman–Crippen LogP) is 6.86. The molecular weight excluding hydrogens is 396 g/mol. The van der Waals surface area contributed by atoms with Crippen LogP contribution in [0.25, 0.3) is 9.75 Å². The number of carbonyl (C=O) groups is 1. The van der Waals surface area contributed by atoms with Gasteiger partial charge in [-0.15, -0.1) is 28.6 Å². The molecule has 4 heteroatoms. The van der Waals surface area contributed by atoms with Crippen LogP contribution in [0.4, 0.5) is 0 Å². The van der Waals surface area contributed by atoms with Gasteiger partial charge in [-0.3, -0.25) is 4.79 Å². The minimum atomic E-state index is 0.0342. The van der Waals surface area contributed by atoms with Crippen molar-refractivity contribution >= 4 is 28.5 Å². The molecule has 2 aromatic rings. The quantitative estimate of drug-likeness (QED) is 0.435. The van der Waals surface area contributed by atoms with Crippen LogP contribution in [0.3, 0.4) is 0 Å². The van der Waals surface area contributed by atoms with Crippen LogP contribution in [-0.2, 0) is 0 Å². The zero-order valence-electron chi connectivity index (χ0n) is 16.5. The molecule has 5 rings (SSSR count). The van der Waals surface area contributed by atoms with Crippen molar-refractivity contribution in [1.29, 1.82) is 0 Å². The molecule has 0 aliphatic heterocycles. The number of aliphatic hydroxyl groups is 1. The molecule has 2 fully saturated rings. The van der Waals surface area contributed by atoms with E-state index in [0.717, 1.165) is 33.9 Å². The first-order valence-electron chi connectivity index (χ1n) is 10.4. The average molecular weight is 421 g/mol. The monoisotopic (exact) mass is 420 g/mol. The number of carbonyl (C=O) groups excluding carboxylic acids is 1. The summed E-state index contributed by atoms with van der Waals surface area (Å²) in [5, 5.41) is 9.98. The molecule has 0 radical (unpaired) electrons. The highest BCUT2D eigenvalue weighted by atomic mass is 32.1. The van der Waals surface area contributed by atoms with Crippen molar-refractivity contribution < 1.29 is 9.90 Å². The van der Waals surface area contributed by atoms with E-state index in [1.165, 1.54) is 17.7 Å². The summed E-state index contributed by atoms with van der Waals surface area (Å²) in [5.74, 6) is 7.26. The molecule has 3 atom stereocenters. The van der Waals surface area contributed by atoms with E-state index in [-0.39, 0.29) is 17.3 Å². The van der Waals surface area contributed by atoms with E-state index in [9.17, 15) is 9.90 Å². The topological polar surface area (TPSA) is 37.3 Å². The Kier molecular flexibility index (Phi) is 4.76. The minimum absolute atomic E-state index is 0.0342. The van der Waals surface area contributed by atoms with Crippen LogP contribution in [0.1, 0.15) is 53.6 Å². The smallest absolute Gasteiger partial charge is 0.177 e. The standard InChI is InChI=1S/C25H24O2S2/c1-2-5-18-7-9-20(28-18)21-10-11-22(29-21)24(27)23-19-8-6-17(26)14-16(19)15-25(23)12-3-4-13-25/h6-11,14,16,19,23,26H,3-4,12-13,15H2,1H3. The normalized spacial score (nSPS) is 26.8. The van der Waals surface area contributed by atoms with Crippen LogP contribution >= 0.6 is 22.7 Å². The van der Waals surface area contributed by atoms with Gasteiger partial charge in [0.2, 0.25) is 0 Å². The van der Waals surface area contributed by atoms with Crippen LogP contribution in [0.5, 0.6) is 0 Å². The Morgan fingerprint density at radius 1 is 1.14 bits per heavy atom. The Hall–Kier alpha value is -2.09. The fraction of sp³-hybridized carbons (Fsp3) is 0.400. The maximum Gasteiger partial charge on any atom is 0.177 e. The number of allylic oxidation sites excluding steroid dienone is 3. The first-order valence-corrected chi connectivity index (χ1v) is 12.0. The van der Waals surface area contributed by atoms with E-state index in [1.807, 2.05) is 19.1 Å². The SMILES string of the molecule is CC#Cc1ccc(-c2ccc(C(=O)C3C4C=CC(O)=CC4CC34CCCC4)s2)s1. The third kappa shape index (κ3) is 3.21. The fourth-order valence-corrected chi connectivity index (χ4v) is 7.75. The first-order chi connectivity index (χ1) is 14.1. The minimum Gasteiger partial charge on any atom is -0.508 e. The summed E-state index contributed by atoms with van der Waals surface area (Å²) in [6.07, 6.45) is 11.6. The molecule has 2 nitrogen and oxygen atoms in total. The lowest BCUT2D eigenvalue weighted by molar-refractivity contribution is 0.0774. The number of rotatable bonds is 3. The zero-order chi connectivity index (χ0) is 20.0. The fourth-order valence-electron chi connectivity index (χ4n) is 5.76. The van der Waals surface area contributed by atoms with Gasteiger partial charge in [0.05, 0.1) is 9.75 Å². The van der Waals surface area contributed by atoms with Gasteiger partial charge in [-0.1, -0.05) is 24.8 Å². The van der Waals surface area contributed by atoms with Gasteiger partial charge in [0.25, 0.3) is 0 Å². The van der Waals surface area contributed by atoms with Gasteiger partial charge in [0, 0.05) is 15.7 Å². The van der Waals surface area contributed by atoms with Gasteiger partial charge in [-0.25, -0.2) is 0 Å². The molecule has 0 aromatic carbocycles. The first kappa shape index (κ1) is 18.9. The van der Waals surface area contributed by atoms with E-state index < -0.39 is 0 Å². The van der Waals surface area contributed by atoms with E-state index in [4.69, 9.17) is 0 Å². The summed E-state index contributed by atoms with van der Waals surface area (Å²) in [6.45, 7) is 1.85. The Labute approximate surface area is 180 Å². The molecule has 3 aliphatic rings. The second-order valence-corrected chi connectivity index (χ2v) is 10.7. The summed E-state index contributed by atoms with van der Waals surface area (Å²) in [5.41, 5.74) is 0.106.